The van der Waals surface area contributed by atoms with E-state index in [1.807, 2.05) is 25.2 Å². The van der Waals surface area contributed by atoms with Gasteiger partial charge in [-0.25, -0.2) is 0 Å². The smallest absolute Gasteiger partial charge is 0.303 e. The molecule has 0 unspecified atom stereocenters. The molecule has 1 rings (SSSR count). The molecule has 0 saturated carbocycles. The van der Waals surface area contributed by atoms with Crippen LogP contribution in [0.1, 0.15) is 18.4 Å². The van der Waals surface area contributed by atoms with Gasteiger partial charge in [-0.05, 0) is 25.6 Å². The van der Waals surface area contributed by atoms with Crippen molar-refractivity contribution in [2.75, 3.05) is 13.6 Å². The van der Waals surface area contributed by atoms with Crippen LogP contribution in [0.4, 0.5) is 0 Å². The first-order chi connectivity index (χ1) is 7.18. The maximum Gasteiger partial charge on any atom is 0.303 e. The Morgan fingerprint density at radius 1 is 1.31 bits per heavy atom. The van der Waals surface area contributed by atoms with E-state index in [2.05, 4.69) is 17.0 Å². The summed E-state index contributed by atoms with van der Waals surface area (Å²) in [4.78, 5) is 12.5. The van der Waals surface area contributed by atoms with Crippen LogP contribution in [0.3, 0.4) is 0 Å². The zero-order valence-corrected chi connectivity index (χ0v) is 10.2. The van der Waals surface area contributed by atoms with Crippen molar-refractivity contribution in [2.45, 2.75) is 19.4 Å². The SMILES string of the molecule is CN(CCCC(=O)O)Cc1ccccc1.Cl. The van der Waals surface area contributed by atoms with Crippen LogP contribution in [0.25, 0.3) is 0 Å². The third kappa shape index (κ3) is 6.43. The molecule has 16 heavy (non-hydrogen) atoms. The molecule has 0 fully saturated rings. The third-order valence-corrected chi connectivity index (χ3v) is 2.23. The Morgan fingerprint density at radius 2 is 1.94 bits per heavy atom. The van der Waals surface area contributed by atoms with Crippen molar-refractivity contribution in [1.82, 2.24) is 4.90 Å². The molecular weight excluding hydrogens is 226 g/mol. The molecule has 0 radical (unpaired) electrons. The molecule has 4 heteroatoms. The van der Waals surface area contributed by atoms with Gasteiger partial charge >= 0.3 is 5.97 Å². The Hall–Kier alpha value is -1.06. The first-order valence-corrected chi connectivity index (χ1v) is 5.13. The number of aliphatic carboxylic acids is 1. The van der Waals surface area contributed by atoms with Gasteiger partial charge in [-0.1, -0.05) is 30.3 Å². The van der Waals surface area contributed by atoms with Gasteiger partial charge in [-0.15, -0.1) is 12.4 Å². The summed E-state index contributed by atoms with van der Waals surface area (Å²) < 4.78 is 0. The van der Waals surface area contributed by atoms with E-state index in [-0.39, 0.29) is 18.8 Å². The summed E-state index contributed by atoms with van der Waals surface area (Å²) >= 11 is 0. The average Bonchev–Trinajstić information content (AvgIpc) is 2.18. The summed E-state index contributed by atoms with van der Waals surface area (Å²) in [5.41, 5.74) is 1.26. The minimum Gasteiger partial charge on any atom is -0.481 e. The molecule has 0 atom stereocenters. The maximum absolute atomic E-state index is 10.3. The third-order valence-electron chi connectivity index (χ3n) is 2.23. The minimum atomic E-state index is -0.719. The van der Waals surface area contributed by atoms with Gasteiger partial charge in [0, 0.05) is 13.0 Å². The molecular formula is C12H18ClNO2. The molecule has 1 aromatic rings. The Balaban J connectivity index is 0.00000225. The van der Waals surface area contributed by atoms with Crippen LogP contribution in [0.15, 0.2) is 30.3 Å². The summed E-state index contributed by atoms with van der Waals surface area (Å²) in [7, 11) is 2.01. The van der Waals surface area contributed by atoms with Crippen LogP contribution in [-0.4, -0.2) is 29.6 Å². The van der Waals surface area contributed by atoms with Crippen molar-refractivity contribution < 1.29 is 9.90 Å². The van der Waals surface area contributed by atoms with Crippen molar-refractivity contribution in [3.05, 3.63) is 35.9 Å². The Morgan fingerprint density at radius 3 is 2.50 bits per heavy atom. The quantitative estimate of drug-likeness (QED) is 0.834. The van der Waals surface area contributed by atoms with Crippen molar-refractivity contribution in [1.29, 1.82) is 0 Å². The number of carbonyl (C=O) groups is 1. The number of hydrogen-bond donors (Lipinski definition) is 1. The minimum absolute atomic E-state index is 0. The number of benzene rings is 1. The summed E-state index contributed by atoms with van der Waals surface area (Å²) in [6.45, 7) is 1.70. The highest BCUT2D eigenvalue weighted by atomic mass is 35.5. The lowest BCUT2D eigenvalue weighted by atomic mass is 10.2. The molecule has 90 valence electrons. The molecule has 1 aromatic carbocycles. The molecule has 0 aliphatic heterocycles. The summed E-state index contributed by atoms with van der Waals surface area (Å²) in [6.07, 6.45) is 0.956. The van der Waals surface area contributed by atoms with E-state index < -0.39 is 5.97 Å². The number of carboxylic acid groups (broad SMARTS) is 1. The first-order valence-electron chi connectivity index (χ1n) is 5.13. The number of hydrogen-bond acceptors (Lipinski definition) is 2. The fraction of sp³-hybridized carbons (Fsp3) is 0.417. The normalized spacial score (nSPS) is 9.88. The van der Waals surface area contributed by atoms with Gasteiger partial charge in [0.2, 0.25) is 0 Å². The van der Waals surface area contributed by atoms with Crippen LogP contribution in [0.5, 0.6) is 0 Å². The van der Waals surface area contributed by atoms with Crippen LogP contribution in [0, 0.1) is 0 Å². The van der Waals surface area contributed by atoms with Gasteiger partial charge in [0.25, 0.3) is 0 Å². The molecule has 0 aliphatic rings. The Kier molecular flexibility index (Phi) is 7.60. The first kappa shape index (κ1) is 14.9. The van der Waals surface area contributed by atoms with E-state index in [0.717, 1.165) is 13.1 Å². The van der Waals surface area contributed by atoms with Crippen LogP contribution >= 0.6 is 12.4 Å². The van der Waals surface area contributed by atoms with Gasteiger partial charge in [0.15, 0.2) is 0 Å². The molecule has 0 heterocycles. The van der Waals surface area contributed by atoms with Gasteiger partial charge in [-0.2, -0.15) is 0 Å². The van der Waals surface area contributed by atoms with E-state index in [1.54, 1.807) is 0 Å². The van der Waals surface area contributed by atoms with E-state index in [1.165, 1.54) is 5.56 Å². The number of nitrogens with zero attached hydrogens (tertiary/aromatic N) is 1. The molecule has 1 N–H and O–H groups in total. The molecule has 0 saturated heterocycles. The molecule has 3 nitrogen and oxygen atoms in total. The molecule has 0 spiro atoms. The standard InChI is InChI=1S/C12H17NO2.ClH/c1-13(9-5-8-12(14)15)10-11-6-3-2-4-7-11;/h2-4,6-7H,5,8-10H2,1H3,(H,14,15);1H. The van der Waals surface area contributed by atoms with Crippen molar-refractivity contribution in [3.63, 3.8) is 0 Å². The second kappa shape index (κ2) is 8.13. The second-order valence-corrected chi connectivity index (χ2v) is 3.72. The lowest BCUT2D eigenvalue weighted by molar-refractivity contribution is -0.137. The number of halogens is 1. The lowest BCUT2D eigenvalue weighted by Gasteiger charge is -2.15. The second-order valence-electron chi connectivity index (χ2n) is 3.72. The molecule has 0 aromatic heterocycles. The zero-order chi connectivity index (χ0) is 11.1. The fourth-order valence-electron chi connectivity index (χ4n) is 1.47. The van der Waals surface area contributed by atoms with Gasteiger partial charge in [0.1, 0.15) is 0 Å². The summed E-state index contributed by atoms with van der Waals surface area (Å²) in [5, 5.41) is 8.50. The number of rotatable bonds is 6. The molecule has 0 aliphatic carbocycles. The van der Waals surface area contributed by atoms with Crippen molar-refractivity contribution in [2.24, 2.45) is 0 Å². The zero-order valence-electron chi connectivity index (χ0n) is 9.43. The van der Waals surface area contributed by atoms with E-state index in [4.69, 9.17) is 5.11 Å². The highest BCUT2D eigenvalue weighted by Crippen LogP contribution is 2.03. The van der Waals surface area contributed by atoms with Crippen molar-refractivity contribution >= 4 is 18.4 Å². The van der Waals surface area contributed by atoms with Gasteiger partial charge in [-0.3, -0.25) is 4.79 Å². The fourth-order valence-corrected chi connectivity index (χ4v) is 1.47. The van der Waals surface area contributed by atoms with Crippen LogP contribution < -0.4 is 0 Å². The predicted molar refractivity (Wildman–Crippen MR) is 66.9 cm³/mol. The highest BCUT2D eigenvalue weighted by molar-refractivity contribution is 5.85. The monoisotopic (exact) mass is 243 g/mol. The van der Waals surface area contributed by atoms with Crippen molar-refractivity contribution in [3.8, 4) is 0 Å². The van der Waals surface area contributed by atoms with E-state index in [0.29, 0.717) is 6.42 Å². The number of carboxylic acids is 1. The highest BCUT2D eigenvalue weighted by Gasteiger charge is 2.01. The molecule has 0 amide bonds. The van der Waals surface area contributed by atoms with Gasteiger partial charge < -0.3 is 10.0 Å². The Labute approximate surface area is 102 Å². The topological polar surface area (TPSA) is 40.5 Å². The molecule has 0 bridgehead atoms. The maximum atomic E-state index is 10.3. The average molecular weight is 244 g/mol. The predicted octanol–water partition coefficient (Wildman–Crippen LogP) is 2.41. The van der Waals surface area contributed by atoms with E-state index >= 15 is 0 Å². The van der Waals surface area contributed by atoms with E-state index in [9.17, 15) is 4.79 Å². The lowest BCUT2D eigenvalue weighted by Crippen LogP contribution is -2.19. The van der Waals surface area contributed by atoms with Gasteiger partial charge in [0.05, 0.1) is 0 Å². The summed E-state index contributed by atoms with van der Waals surface area (Å²) in [5.74, 6) is -0.719. The van der Waals surface area contributed by atoms with Crippen LogP contribution in [0.2, 0.25) is 0 Å². The largest absolute Gasteiger partial charge is 0.481 e. The Bertz CT molecular complexity index is 303. The van der Waals surface area contributed by atoms with Crippen LogP contribution in [-0.2, 0) is 11.3 Å². The summed E-state index contributed by atoms with van der Waals surface area (Å²) in [6, 6.07) is 10.2.